The fraction of sp³-hybridized carbons (Fsp3) is 0.500. The number of rotatable bonds is 3. The summed E-state index contributed by atoms with van der Waals surface area (Å²) in [6.45, 7) is 0.523. The molecule has 5 nitrogen and oxygen atoms in total. The van der Waals surface area contributed by atoms with Crippen LogP contribution >= 0.6 is 0 Å². The Labute approximate surface area is 115 Å². The first-order valence-electron chi connectivity index (χ1n) is 6.25. The van der Waals surface area contributed by atoms with E-state index >= 15 is 0 Å². The molecule has 3 rings (SSSR count). The molecule has 2 aliphatic rings. The summed E-state index contributed by atoms with van der Waals surface area (Å²) in [5.74, 6) is -2.16. The Hall–Kier alpha value is -1.09. The molecular weight excluding hydrogens is 290 g/mol. The third-order valence-electron chi connectivity index (χ3n) is 3.93. The molecule has 1 saturated heterocycles. The number of hydrogen-bond donors (Lipinski definition) is 2. The van der Waals surface area contributed by atoms with E-state index in [1.165, 1.54) is 0 Å². The maximum atomic E-state index is 13.6. The zero-order chi connectivity index (χ0) is 14.5. The SMILES string of the molecule is NC1C2CCOC2C1NS(=O)(=O)c1c(F)cccc1F. The largest absolute Gasteiger partial charge is 0.376 e. The van der Waals surface area contributed by atoms with Crippen molar-refractivity contribution in [1.29, 1.82) is 0 Å². The van der Waals surface area contributed by atoms with Gasteiger partial charge in [0.2, 0.25) is 10.0 Å². The predicted molar refractivity (Wildman–Crippen MR) is 66.3 cm³/mol. The molecule has 20 heavy (non-hydrogen) atoms. The normalized spacial score (nSPS) is 32.8. The van der Waals surface area contributed by atoms with Gasteiger partial charge < -0.3 is 10.5 Å². The molecule has 1 aliphatic heterocycles. The molecule has 3 N–H and O–H groups in total. The van der Waals surface area contributed by atoms with Crippen molar-refractivity contribution in [3.63, 3.8) is 0 Å². The van der Waals surface area contributed by atoms with Gasteiger partial charge in [0.1, 0.15) is 11.6 Å². The summed E-state index contributed by atoms with van der Waals surface area (Å²) in [4.78, 5) is -0.978. The highest BCUT2D eigenvalue weighted by Gasteiger charge is 2.53. The Morgan fingerprint density at radius 1 is 1.30 bits per heavy atom. The molecule has 0 amide bonds. The van der Waals surface area contributed by atoms with Crippen LogP contribution in [0.2, 0.25) is 0 Å². The van der Waals surface area contributed by atoms with Crippen molar-refractivity contribution in [3.05, 3.63) is 29.8 Å². The van der Waals surface area contributed by atoms with E-state index in [0.29, 0.717) is 6.61 Å². The Balaban J connectivity index is 1.87. The summed E-state index contributed by atoms with van der Waals surface area (Å²) in [6, 6.07) is 1.86. The number of nitrogens with two attached hydrogens (primary N) is 1. The molecule has 1 heterocycles. The molecule has 2 fully saturated rings. The molecule has 0 spiro atoms. The van der Waals surface area contributed by atoms with Gasteiger partial charge in [-0.25, -0.2) is 21.9 Å². The van der Waals surface area contributed by atoms with E-state index in [2.05, 4.69) is 4.72 Å². The second-order valence-corrected chi connectivity index (χ2v) is 6.71. The average Bonchev–Trinajstić information content (AvgIpc) is 2.80. The van der Waals surface area contributed by atoms with Crippen molar-refractivity contribution in [1.82, 2.24) is 4.72 Å². The fourth-order valence-corrected chi connectivity index (χ4v) is 4.29. The van der Waals surface area contributed by atoms with Crippen molar-refractivity contribution >= 4 is 10.0 Å². The van der Waals surface area contributed by atoms with Crippen LogP contribution in [0.3, 0.4) is 0 Å². The van der Waals surface area contributed by atoms with Gasteiger partial charge in [-0.3, -0.25) is 0 Å². The molecule has 1 saturated carbocycles. The minimum atomic E-state index is -4.31. The number of sulfonamides is 1. The lowest BCUT2D eigenvalue weighted by Gasteiger charge is -2.45. The summed E-state index contributed by atoms with van der Waals surface area (Å²) >= 11 is 0. The molecular formula is C12H14F2N2O3S. The number of fused-ring (bicyclic) bond motifs is 1. The van der Waals surface area contributed by atoms with E-state index in [0.717, 1.165) is 24.6 Å². The molecule has 1 aromatic rings. The second kappa shape index (κ2) is 4.73. The van der Waals surface area contributed by atoms with Gasteiger partial charge in [0.25, 0.3) is 0 Å². The van der Waals surface area contributed by atoms with Gasteiger partial charge in [0.15, 0.2) is 4.90 Å². The third kappa shape index (κ3) is 2.03. The molecule has 0 radical (unpaired) electrons. The number of halogens is 2. The van der Waals surface area contributed by atoms with Crippen LogP contribution in [0.25, 0.3) is 0 Å². The Bertz CT molecular complexity index is 617. The average molecular weight is 304 g/mol. The van der Waals surface area contributed by atoms with Crippen molar-refractivity contribution in [3.8, 4) is 0 Å². The summed E-state index contributed by atoms with van der Waals surface area (Å²) in [5, 5.41) is 0. The molecule has 4 atom stereocenters. The Kier molecular flexibility index (Phi) is 3.28. The molecule has 4 unspecified atom stereocenters. The van der Waals surface area contributed by atoms with Crippen LogP contribution in [0.5, 0.6) is 0 Å². The van der Waals surface area contributed by atoms with E-state index in [-0.39, 0.29) is 12.0 Å². The lowest BCUT2D eigenvalue weighted by atomic mass is 9.73. The quantitative estimate of drug-likeness (QED) is 0.845. The van der Waals surface area contributed by atoms with Crippen molar-refractivity contribution in [2.24, 2.45) is 11.7 Å². The van der Waals surface area contributed by atoms with Crippen LogP contribution in [0, 0.1) is 17.6 Å². The zero-order valence-corrected chi connectivity index (χ0v) is 11.2. The first kappa shape index (κ1) is 13.9. The van der Waals surface area contributed by atoms with Crippen LogP contribution in [-0.2, 0) is 14.8 Å². The van der Waals surface area contributed by atoms with Gasteiger partial charge in [-0.15, -0.1) is 0 Å². The van der Waals surface area contributed by atoms with Gasteiger partial charge in [-0.05, 0) is 18.6 Å². The van der Waals surface area contributed by atoms with Crippen LogP contribution in [-0.4, -0.2) is 33.2 Å². The first-order valence-corrected chi connectivity index (χ1v) is 7.73. The van der Waals surface area contributed by atoms with E-state index in [1.54, 1.807) is 0 Å². The number of hydrogen-bond acceptors (Lipinski definition) is 4. The summed E-state index contributed by atoms with van der Waals surface area (Å²) in [7, 11) is -4.31. The molecule has 110 valence electrons. The zero-order valence-electron chi connectivity index (χ0n) is 10.4. The van der Waals surface area contributed by atoms with E-state index in [4.69, 9.17) is 10.5 Å². The van der Waals surface area contributed by atoms with Gasteiger partial charge in [-0.1, -0.05) is 6.07 Å². The van der Waals surface area contributed by atoms with E-state index < -0.39 is 38.6 Å². The molecule has 0 aromatic heterocycles. The van der Waals surface area contributed by atoms with Crippen molar-refractivity contribution in [2.75, 3.05) is 6.61 Å². The number of nitrogens with one attached hydrogen (secondary N) is 1. The predicted octanol–water partition coefficient (Wildman–Crippen LogP) is 0.358. The van der Waals surface area contributed by atoms with Crippen LogP contribution in [0.1, 0.15) is 6.42 Å². The van der Waals surface area contributed by atoms with E-state index in [9.17, 15) is 17.2 Å². The molecule has 0 bridgehead atoms. The summed E-state index contributed by atoms with van der Waals surface area (Å²) in [6.07, 6.45) is 0.465. The third-order valence-corrected chi connectivity index (χ3v) is 5.44. The van der Waals surface area contributed by atoms with Crippen molar-refractivity contribution in [2.45, 2.75) is 29.5 Å². The summed E-state index contributed by atoms with van der Waals surface area (Å²) in [5.41, 5.74) is 5.87. The highest BCUT2D eigenvalue weighted by atomic mass is 32.2. The fourth-order valence-electron chi connectivity index (χ4n) is 2.87. The van der Waals surface area contributed by atoms with E-state index in [1.807, 2.05) is 0 Å². The Morgan fingerprint density at radius 3 is 2.60 bits per heavy atom. The van der Waals surface area contributed by atoms with Gasteiger partial charge >= 0.3 is 0 Å². The van der Waals surface area contributed by atoms with Crippen LogP contribution in [0.4, 0.5) is 8.78 Å². The second-order valence-electron chi connectivity index (χ2n) is 5.06. The number of benzene rings is 1. The molecule has 1 aliphatic carbocycles. The van der Waals surface area contributed by atoms with Crippen LogP contribution in [0.15, 0.2) is 23.1 Å². The number of ether oxygens (including phenoxy) is 1. The highest BCUT2D eigenvalue weighted by molar-refractivity contribution is 7.89. The van der Waals surface area contributed by atoms with Crippen LogP contribution < -0.4 is 10.5 Å². The smallest absolute Gasteiger partial charge is 0.246 e. The van der Waals surface area contributed by atoms with Gasteiger partial charge in [0, 0.05) is 18.6 Å². The van der Waals surface area contributed by atoms with Gasteiger partial charge in [0.05, 0.1) is 12.1 Å². The minimum Gasteiger partial charge on any atom is -0.376 e. The lowest BCUT2D eigenvalue weighted by molar-refractivity contribution is -0.00928. The topological polar surface area (TPSA) is 81.4 Å². The van der Waals surface area contributed by atoms with Gasteiger partial charge in [-0.2, -0.15) is 0 Å². The minimum absolute atomic E-state index is 0.105. The molecule has 8 heteroatoms. The first-order chi connectivity index (χ1) is 9.42. The van der Waals surface area contributed by atoms with Crippen molar-refractivity contribution < 1.29 is 21.9 Å². The standard InChI is InChI=1S/C12H14F2N2O3S/c13-7-2-1-3-8(14)12(7)20(17,18)16-10-9(15)6-4-5-19-11(6)10/h1-3,6,9-11,16H,4-5,15H2. The summed E-state index contributed by atoms with van der Waals surface area (Å²) < 4.78 is 59.0. The maximum Gasteiger partial charge on any atom is 0.246 e. The monoisotopic (exact) mass is 304 g/mol. The lowest BCUT2D eigenvalue weighted by Crippen LogP contribution is -2.68. The highest BCUT2D eigenvalue weighted by Crippen LogP contribution is 2.38. The molecule has 1 aromatic carbocycles. The Morgan fingerprint density at radius 2 is 1.95 bits per heavy atom. The maximum absolute atomic E-state index is 13.6.